The number of halogens is 3. The van der Waals surface area contributed by atoms with E-state index in [4.69, 9.17) is 34.8 Å². The summed E-state index contributed by atoms with van der Waals surface area (Å²) in [5, 5.41) is 3.49. The zero-order valence-electron chi connectivity index (χ0n) is 7.78. The molecule has 0 atom stereocenters. The molecular formula is C9H6Cl3N4Na. The molecule has 17 heavy (non-hydrogen) atoms. The van der Waals surface area contributed by atoms with Gasteiger partial charge < -0.3 is 5.32 Å². The van der Waals surface area contributed by atoms with Crippen LogP contribution in [0.5, 0.6) is 0 Å². The molecule has 0 aliphatic heterocycles. The van der Waals surface area contributed by atoms with Crippen molar-refractivity contribution < 1.29 is 0 Å². The fourth-order valence-electron chi connectivity index (χ4n) is 1.06. The monoisotopic (exact) mass is 298 g/mol. The Hall–Kier alpha value is -0.1000. The number of benzene rings is 1. The van der Waals surface area contributed by atoms with Crippen molar-refractivity contribution in [3.8, 4) is 0 Å². The number of nitrogens with zero attached hydrogens (tertiary/aromatic N) is 3. The Morgan fingerprint density at radius 2 is 1.47 bits per heavy atom. The summed E-state index contributed by atoms with van der Waals surface area (Å²) in [6.45, 7) is 0. The molecule has 4 nitrogen and oxygen atoms in total. The van der Waals surface area contributed by atoms with Crippen LogP contribution in [0.3, 0.4) is 0 Å². The van der Waals surface area contributed by atoms with Crippen LogP contribution in [0, 0.1) is 0 Å². The number of para-hydroxylation sites is 1. The van der Waals surface area contributed by atoms with Gasteiger partial charge in [0.05, 0.1) is 10.7 Å². The Labute approximate surface area is 135 Å². The molecule has 0 amide bonds. The molecule has 0 saturated carbocycles. The summed E-state index contributed by atoms with van der Waals surface area (Å²) in [7, 11) is 0. The van der Waals surface area contributed by atoms with Crippen LogP contribution in [0.25, 0.3) is 0 Å². The van der Waals surface area contributed by atoms with Crippen molar-refractivity contribution in [2.75, 3.05) is 5.32 Å². The summed E-state index contributed by atoms with van der Waals surface area (Å²) >= 11 is 17.2. The van der Waals surface area contributed by atoms with Gasteiger partial charge in [0.25, 0.3) is 0 Å². The Bertz CT molecular complexity index is 503. The molecule has 0 aliphatic rings. The van der Waals surface area contributed by atoms with Gasteiger partial charge in [-0.2, -0.15) is 15.0 Å². The van der Waals surface area contributed by atoms with E-state index < -0.39 is 0 Å². The molecule has 2 aromatic rings. The molecule has 1 heterocycles. The quantitative estimate of drug-likeness (QED) is 0.866. The van der Waals surface area contributed by atoms with Crippen LogP contribution in [-0.2, 0) is 0 Å². The Kier molecular flexibility index (Phi) is 5.92. The zero-order chi connectivity index (χ0) is 11.5. The number of nitrogens with one attached hydrogen (secondary N) is 1. The van der Waals surface area contributed by atoms with Crippen molar-refractivity contribution in [2.24, 2.45) is 0 Å². The molecule has 1 N–H and O–H groups in total. The summed E-state index contributed by atoms with van der Waals surface area (Å²) in [4.78, 5) is 11.4. The van der Waals surface area contributed by atoms with Gasteiger partial charge in [-0.3, -0.25) is 0 Å². The first kappa shape index (κ1) is 15.0. The number of rotatable bonds is 2. The van der Waals surface area contributed by atoms with Gasteiger partial charge in [0.15, 0.2) is 0 Å². The zero-order valence-corrected chi connectivity index (χ0v) is 10.1. The molecule has 8 heteroatoms. The number of hydrogen-bond donors (Lipinski definition) is 1. The van der Waals surface area contributed by atoms with Gasteiger partial charge >= 0.3 is 29.6 Å². The molecule has 1 aromatic carbocycles. The normalized spacial score (nSPS) is 9.59. The molecular weight excluding hydrogens is 293 g/mol. The fraction of sp³-hybridized carbons (Fsp3) is 0. The van der Waals surface area contributed by atoms with Crippen molar-refractivity contribution in [3.63, 3.8) is 0 Å². The van der Waals surface area contributed by atoms with Gasteiger partial charge in [0.1, 0.15) is 0 Å². The Morgan fingerprint density at radius 3 is 2.06 bits per heavy atom. The number of hydrogen-bond acceptors (Lipinski definition) is 4. The molecule has 0 fully saturated rings. The van der Waals surface area contributed by atoms with Crippen molar-refractivity contribution in [1.82, 2.24) is 15.0 Å². The second-order valence-electron chi connectivity index (χ2n) is 2.80. The molecule has 84 valence electrons. The standard InChI is InChI=1S/C9H5Cl3N4.Na.H/c10-5-3-1-2-4-6(5)13-9-15-7(11)14-8(12)16-9;;/h1-4H,(H,13,14,15,16);;. The van der Waals surface area contributed by atoms with Crippen LogP contribution in [0.1, 0.15) is 0 Å². The van der Waals surface area contributed by atoms with Crippen LogP contribution in [0.15, 0.2) is 24.3 Å². The van der Waals surface area contributed by atoms with E-state index in [1.165, 1.54) is 0 Å². The third-order valence-electron chi connectivity index (χ3n) is 1.70. The van der Waals surface area contributed by atoms with E-state index in [2.05, 4.69) is 20.3 Å². The first-order valence-corrected chi connectivity index (χ1v) is 5.37. The van der Waals surface area contributed by atoms with Crippen LogP contribution in [0.4, 0.5) is 11.6 Å². The summed E-state index contributed by atoms with van der Waals surface area (Å²) in [5.74, 6) is 0.248. The van der Waals surface area contributed by atoms with Crippen molar-refractivity contribution in [1.29, 1.82) is 0 Å². The van der Waals surface area contributed by atoms with E-state index >= 15 is 0 Å². The predicted octanol–water partition coefficient (Wildman–Crippen LogP) is 2.93. The van der Waals surface area contributed by atoms with E-state index in [0.717, 1.165) is 0 Å². The second-order valence-corrected chi connectivity index (χ2v) is 3.89. The maximum absolute atomic E-state index is 5.95. The molecule has 0 radical (unpaired) electrons. The SMILES string of the molecule is Clc1nc(Cl)nc(Nc2ccccc2Cl)n1.[NaH]. The summed E-state index contributed by atoms with van der Waals surface area (Å²) in [6.07, 6.45) is 0. The fourth-order valence-corrected chi connectivity index (χ4v) is 1.61. The molecule has 0 aliphatic carbocycles. The molecule has 0 spiro atoms. The predicted molar refractivity (Wildman–Crippen MR) is 71.7 cm³/mol. The van der Waals surface area contributed by atoms with E-state index in [9.17, 15) is 0 Å². The molecule has 0 unspecified atom stereocenters. The molecule has 0 saturated heterocycles. The first-order chi connectivity index (χ1) is 7.65. The third kappa shape index (κ3) is 4.25. The van der Waals surface area contributed by atoms with Gasteiger partial charge in [-0.05, 0) is 35.3 Å². The topological polar surface area (TPSA) is 50.7 Å². The minimum absolute atomic E-state index is 0. The molecule has 2 rings (SSSR count). The van der Waals surface area contributed by atoms with E-state index in [0.29, 0.717) is 10.7 Å². The Morgan fingerprint density at radius 1 is 0.882 bits per heavy atom. The number of aromatic nitrogens is 3. The van der Waals surface area contributed by atoms with Crippen molar-refractivity contribution >= 4 is 76.0 Å². The van der Waals surface area contributed by atoms with Crippen LogP contribution in [0.2, 0.25) is 15.6 Å². The molecule has 1 aromatic heterocycles. The van der Waals surface area contributed by atoms with Crippen LogP contribution < -0.4 is 5.32 Å². The maximum atomic E-state index is 5.95. The molecule has 0 bridgehead atoms. The second kappa shape index (κ2) is 6.73. The third-order valence-corrected chi connectivity index (χ3v) is 2.37. The minimum atomic E-state index is 0. The van der Waals surface area contributed by atoms with Crippen LogP contribution >= 0.6 is 34.8 Å². The van der Waals surface area contributed by atoms with E-state index in [1.54, 1.807) is 12.1 Å². The van der Waals surface area contributed by atoms with Gasteiger partial charge in [0.2, 0.25) is 16.5 Å². The average molecular weight is 300 g/mol. The van der Waals surface area contributed by atoms with Crippen LogP contribution in [-0.4, -0.2) is 44.5 Å². The summed E-state index contributed by atoms with van der Waals surface area (Å²) < 4.78 is 0. The first-order valence-electron chi connectivity index (χ1n) is 4.24. The number of anilines is 2. The van der Waals surface area contributed by atoms with Gasteiger partial charge in [0, 0.05) is 0 Å². The van der Waals surface area contributed by atoms with E-state index in [-0.39, 0.29) is 46.1 Å². The van der Waals surface area contributed by atoms with Gasteiger partial charge in [-0.15, -0.1) is 0 Å². The van der Waals surface area contributed by atoms with Crippen molar-refractivity contribution in [2.45, 2.75) is 0 Å². The Balaban J connectivity index is 0.00000144. The van der Waals surface area contributed by atoms with Gasteiger partial charge in [-0.1, -0.05) is 23.7 Å². The summed E-state index contributed by atoms with van der Waals surface area (Å²) in [6, 6.07) is 7.18. The summed E-state index contributed by atoms with van der Waals surface area (Å²) in [5.41, 5.74) is 0.669. The van der Waals surface area contributed by atoms with Crippen molar-refractivity contribution in [3.05, 3.63) is 39.9 Å². The average Bonchev–Trinajstić information content (AvgIpc) is 2.20. The van der Waals surface area contributed by atoms with Gasteiger partial charge in [-0.25, -0.2) is 0 Å². The van der Waals surface area contributed by atoms with E-state index in [1.807, 2.05) is 12.1 Å².